The van der Waals surface area contributed by atoms with Crippen molar-refractivity contribution in [2.24, 2.45) is 0 Å². The Morgan fingerprint density at radius 1 is 1.32 bits per heavy atom. The highest BCUT2D eigenvalue weighted by Gasteiger charge is 2.24. The molecule has 0 saturated heterocycles. The number of anilines is 1. The molecule has 1 atom stereocenters. The predicted octanol–water partition coefficient (Wildman–Crippen LogP) is 3.84. The Bertz CT molecular complexity index is 901. The second-order valence-corrected chi connectivity index (χ2v) is 5.79. The number of aromatic nitrogens is 2. The Balaban J connectivity index is 1.68. The van der Waals surface area contributed by atoms with Crippen LogP contribution in [-0.4, -0.2) is 10.2 Å². The van der Waals surface area contributed by atoms with E-state index in [9.17, 15) is 5.26 Å². The van der Waals surface area contributed by atoms with Crippen LogP contribution in [0.4, 0.5) is 5.69 Å². The van der Waals surface area contributed by atoms with E-state index in [1.54, 1.807) is 0 Å². The van der Waals surface area contributed by atoms with Crippen molar-refractivity contribution in [3.63, 3.8) is 0 Å². The SMILES string of the molecule is Cc1n[nH]c2ccc(N[C@@H]3CCc4c(C#N)cccc43)cc12. The first-order valence-corrected chi connectivity index (χ1v) is 7.49. The minimum absolute atomic E-state index is 0.271. The number of aromatic amines is 1. The van der Waals surface area contributed by atoms with Gasteiger partial charge in [-0.25, -0.2) is 0 Å². The van der Waals surface area contributed by atoms with E-state index in [-0.39, 0.29) is 6.04 Å². The van der Waals surface area contributed by atoms with Gasteiger partial charge in [0.15, 0.2) is 0 Å². The fraction of sp³-hybridized carbons (Fsp3) is 0.222. The van der Waals surface area contributed by atoms with Gasteiger partial charge in [-0.2, -0.15) is 10.4 Å². The van der Waals surface area contributed by atoms with Crippen LogP contribution in [-0.2, 0) is 6.42 Å². The zero-order valence-electron chi connectivity index (χ0n) is 12.4. The molecule has 0 saturated carbocycles. The summed E-state index contributed by atoms with van der Waals surface area (Å²) in [6.45, 7) is 2.01. The monoisotopic (exact) mass is 288 g/mol. The summed E-state index contributed by atoms with van der Waals surface area (Å²) in [5, 5.41) is 21.2. The van der Waals surface area contributed by atoms with E-state index in [2.05, 4.69) is 45.8 Å². The molecule has 0 bridgehead atoms. The van der Waals surface area contributed by atoms with Crippen molar-refractivity contribution in [2.75, 3.05) is 5.32 Å². The van der Waals surface area contributed by atoms with Gasteiger partial charge in [0.25, 0.3) is 0 Å². The summed E-state index contributed by atoms with van der Waals surface area (Å²) in [7, 11) is 0. The van der Waals surface area contributed by atoms with Gasteiger partial charge in [-0.1, -0.05) is 12.1 Å². The average Bonchev–Trinajstić information content (AvgIpc) is 3.12. The average molecular weight is 288 g/mol. The zero-order chi connectivity index (χ0) is 15.1. The van der Waals surface area contributed by atoms with Crippen molar-refractivity contribution in [2.45, 2.75) is 25.8 Å². The maximum Gasteiger partial charge on any atom is 0.0994 e. The van der Waals surface area contributed by atoms with Crippen LogP contribution in [0.1, 0.15) is 34.8 Å². The van der Waals surface area contributed by atoms with Crippen LogP contribution in [0.25, 0.3) is 10.9 Å². The van der Waals surface area contributed by atoms with Crippen molar-refractivity contribution in [3.8, 4) is 6.07 Å². The smallest absolute Gasteiger partial charge is 0.0994 e. The molecule has 1 heterocycles. The predicted molar refractivity (Wildman–Crippen MR) is 86.7 cm³/mol. The normalized spacial score (nSPS) is 16.5. The Morgan fingerprint density at radius 2 is 2.23 bits per heavy atom. The second-order valence-electron chi connectivity index (χ2n) is 5.79. The Morgan fingerprint density at radius 3 is 3.09 bits per heavy atom. The highest BCUT2D eigenvalue weighted by Crippen LogP contribution is 2.36. The third kappa shape index (κ3) is 1.94. The molecule has 1 aliphatic rings. The minimum Gasteiger partial charge on any atom is -0.378 e. The molecule has 1 aliphatic carbocycles. The lowest BCUT2D eigenvalue weighted by molar-refractivity contribution is 0.762. The molecular formula is C18H16N4. The van der Waals surface area contributed by atoms with Gasteiger partial charge < -0.3 is 5.32 Å². The van der Waals surface area contributed by atoms with E-state index in [4.69, 9.17) is 0 Å². The first kappa shape index (κ1) is 12.9. The van der Waals surface area contributed by atoms with Crippen LogP contribution in [0, 0.1) is 18.3 Å². The summed E-state index contributed by atoms with van der Waals surface area (Å²) in [5.41, 5.74) is 6.42. The first-order valence-electron chi connectivity index (χ1n) is 7.49. The number of H-pyrrole nitrogens is 1. The van der Waals surface area contributed by atoms with Crippen LogP contribution >= 0.6 is 0 Å². The lowest BCUT2D eigenvalue weighted by atomic mass is 10.0. The number of rotatable bonds is 2. The highest BCUT2D eigenvalue weighted by atomic mass is 15.1. The number of fused-ring (bicyclic) bond motifs is 2. The Hall–Kier alpha value is -2.80. The minimum atomic E-state index is 0.271. The van der Waals surface area contributed by atoms with Gasteiger partial charge in [0.05, 0.1) is 28.9 Å². The van der Waals surface area contributed by atoms with E-state index in [1.165, 1.54) is 11.1 Å². The summed E-state index contributed by atoms with van der Waals surface area (Å²) in [5.74, 6) is 0. The fourth-order valence-corrected chi connectivity index (χ4v) is 3.35. The van der Waals surface area contributed by atoms with Crippen molar-refractivity contribution >= 4 is 16.6 Å². The van der Waals surface area contributed by atoms with Crippen molar-refractivity contribution in [1.29, 1.82) is 5.26 Å². The number of nitriles is 1. The standard InChI is InChI=1S/C18H16N4/c1-11-16-9-13(5-7-18(16)22-21-11)20-17-8-6-14-12(10-19)3-2-4-15(14)17/h2-5,7,9,17,20H,6,8H2,1H3,(H,21,22)/t17-/m1/s1. The zero-order valence-corrected chi connectivity index (χ0v) is 12.4. The van der Waals surface area contributed by atoms with Crippen molar-refractivity contribution < 1.29 is 0 Å². The summed E-state index contributed by atoms with van der Waals surface area (Å²) >= 11 is 0. The molecule has 2 aromatic carbocycles. The molecule has 0 radical (unpaired) electrons. The van der Waals surface area contributed by atoms with Gasteiger partial charge in [-0.3, -0.25) is 5.10 Å². The number of nitrogens with one attached hydrogen (secondary N) is 2. The molecule has 0 spiro atoms. The molecule has 4 heteroatoms. The molecule has 0 aliphatic heterocycles. The van der Waals surface area contributed by atoms with E-state index >= 15 is 0 Å². The molecule has 22 heavy (non-hydrogen) atoms. The second kappa shape index (κ2) is 4.88. The van der Waals surface area contributed by atoms with Gasteiger partial charge in [-0.05, 0) is 55.2 Å². The number of benzene rings is 2. The fourth-order valence-electron chi connectivity index (χ4n) is 3.35. The number of aryl methyl sites for hydroxylation is 1. The molecule has 3 aromatic rings. The van der Waals surface area contributed by atoms with Crippen LogP contribution in [0.5, 0.6) is 0 Å². The van der Waals surface area contributed by atoms with Crippen molar-refractivity contribution in [1.82, 2.24) is 10.2 Å². The van der Waals surface area contributed by atoms with Gasteiger partial charge in [0.2, 0.25) is 0 Å². The maximum atomic E-state index is 9.22. The molecule has 0 amide bonds. The highest BCUT2D eigenvalue weighted by molar-refractivity contribution is 5.84. The third-order valence-corrected chi connectivity index (χ3v) is 4.49. The summed E-state index contributed by atoms with van der Waals surface area (Å²) in [6.07, 6.45) is 1.99. The largest absolute Gasteiger partial charge is 0.378 e. The maximum absolute atomic E-state index is 9.22. The molecule has 2 N–H and O–H groups in total. The molecular weight excluding hydrogens is 272 g/mol. The van der Waals surface area contributed by atoms with Crippen LogP contribution in [0.2, 0.25) is 0 Å². The molecule has 4 rings (SSSR count). The van der Waals surface area contributed by atoms with E-state index in [0.29, 0.717) is 0 Å². The number of hydrogen-bond acceptors (Lipinski definition) is 3. The van der Waals surface area contributed by atoms with Crippen LogP contribution in [0.3, 0.4) is 0 Å². The quantitative estimate of drug-likeness (QED) is 0.753. The molecule has 108 valence electrons. The number of nitrogens with zero attached hydrogens (tertiary/aromatic N) is 2. The van der Waals surface area contributed by atoms with E-state index in [0.717, 1.165) is 40.7 Å². The van der Waals surface area contributed by atoms with Crippen LogP contribution < -0.4 is 5.32 Å². The van der Waals surface area contributed by atoms with Crippen molar-refractivity contribution in [3.05, 3.63) is 58.8 Å². The Labute approximate surface area is 128 Å². The summed E-state index contributed by atoms with van der Waals surface area (Å²) in [4.78, 5) is 0. The lowest BCUT2D eigenvalue weighted by Gasteiger charge is -2.16. The molecule has 0 fully saturated rings. The molecule has 1 aromatic heterocycles. The van der Waals surface area contributed by atoms with Crippen LogP contribution in [0.15, 0.2) is 36.4 Å². The number of hydrogen-bond donors (Lipinski definition) is 2. The topological polar surface area (TPSA) is 64.5 Å². The van der Waals surface area contributed by atoms with E-state index in [1.807, 2.05) is 19.1 Å². The summed E-state index contributed by atoms with van der Waals surface area (Å²) < 4.78 is 0. The first-order chi connectivity index (χ1) is 10.8. The van der Waals surface area contributed by atoms with Gasteiger partial charge >= 0.3 is 0 Å². The Kier molecular flexibility index (Phi) is 2.87. The third-order valence-electron chi connectivity index (χ3n) is 4.49. The van der Waals surface area contributed by atoms with Gasteiger partial charge in [-0.15, -0.1) is 0 Å². The van der Waals surface area contributed by atoms with Gasteiger partial charge in [0.1, 0.15) is 0 Å². The lowest BCUT2D eigenvalue weighted by Crippen LogP contribution is -2.07. The van der Waals surface area contributed by atoms with Gasteiger partial charge in [0, 0.05) is 11.1 Å². The summed E-state index contributed by atoms with van der Waals surface area (Å²) in [6, 6.07) is 14.8. The van der Waals surface area contributed by atoms with E-state index < -0.39 is 0 Å². The molecule has 4 nitrogen and oxygen atoms in total. The molecule has 0 unspecified atom stereocenters.